The molecule has 0 spiro atoms. The van der Waals surface area contributed by atoms with Crippen LogP contribution in [0.1, 0.15) is 33.8 Å². The summed E-state index contributed by atoms with van der Waals surface area (Å²) in [6.45, 7) is 0.294. The molecule has 3 aromatic carbocycles. The molecule has 2 unspecified atom stereocenters. The molecule has 1 aliphatic carbocycles. The van der Waals surface area contributed by atoms with E-state index in [0.29, 0.717) is 23.6 Å². The fourth-order valence-electron chi connectivity index (χ4n) is 3.99. The number of nitrogens with one attached hydrogen (secondary N) is 1. The van der Waals surface area contributed by atoms with Gasteiger partial charge in [0.15, 0.2) is 0 Å². The Bertz CT molecular complexity index is 1230. The van der Waals surface area contributed by atoms with E-state index in [0.717, 1.165) is 23.4 Å². The van der Waals surface area contributed by atoms with Crippen molar-refractivity contribution in [2.45, 2.75) is 24.9 Å². The van der Waals surface area contributed by atoms with Crippen molar-refractivity contribution < 1.29 is 13.6 Å². The highest BCUT2D eigenvalue weighted by Crippen LogP contribution is 2.40. The molecule has 1 N–H and O–H groups in total. The molecule has 3 nitrogen and oxygen atoms in total. The lowest BCUT2D eigenvalue weighted by molar-refractivity contribution is 0.0950. The zero-order valence-corrected chi connectivity index (χ0v) is 16.2. The lowest BCUT2D eigenvalue weighted by atomic mass is 10.1. The molecule has 5 heteroatoms. The first-order valence-corrected chi connectivity index (χ1v) is 9.97. The van der Waals surface area contributed by atoms with E-state index in [2.05, 4.69) is 17.4 Å². The van der Waals surface area contributed by atoms with Crippen LogP contribution in [0.4, 0.5) is 8.78 Å². The second kappa shape index (κ2) is 7.41. The molecular weight excluding hydrogens is 382 g/mol. The van der Waals surface area contributed by atoms with E-state index in [4.69, 9.17) is 0 Å². The summed E-state index contributed by atoms with van der Waals surface area (Å²) in [5.41, 5.74) is 3.16. The number of carbonyl (C=O) groups is 1. The highest BCUT2D eigenvalue weighted by atomic mass is 19.1. The molecule has 0 bridgehead atoms. The van der Waals surface area contributed by atoms with Crippen molar-refractivity contribution in [1.29, 1.82) is 0 Å². The standard InChI is InChI=1S/C25H20F2N2O/c26-20-8-6-19(22(27)13-20)15-29-11-10-17-12-18(7-9-24(17)29)25(30)28-23-14-21(23)16-4-2-1-3-5-16/h1-13,21,23H,14-15H2,(H,28,30). The lowest BCUT2D eigenvalue weighted by Crippen LogP contribution is -2.26. The minimum Gasteiger partial charge on any atom is -0.349 e. The van der Waals surface area contributed by atoms with Gasteiger partial charge in [-0.1, -0.05) is 36.4 Å². The Morgan fingerprint density at radius 2 is 1.83 bits per heavy atom. The summed E-state index contributed by atoms with van der Waals surface area (Å²) in [4.78, 5) is 12.7. The molecule has 2 atom stereocenters. The zero-order chi connectivity index (χ0) is 20.7. The summed E-state index contributed by atoms with van der Waals surface area (Å²) in [5.74, 6) is -0.858. The van der Waals surface area contributed by atoms with Crippen LogP contribution in [0.15, 0.2) is 79.0 Å². The SMILES string of the molecule is O=C(NC1CC1c1ccccc1)c1ccc2c(ccn2Cc2ccc(F)cc2F)c1. The molecule has 1 fully saturated rings. The number of carbonyl (C=O) groups excluding carboxylic acids is 1. The fourth-order valence-corrected chi connectivity index (χ4v) is 3.99. The van der Waals surface area contributed by atoms with Gasteiger partial charge in [-0.3, -0.25) is 4.79 Å². The molecule has 0 radical (unpaired) electrons. The Morgan fingerprint density at radius 3 is 2.63 bits per heavy atom. The summed E-state index contributed by atoms with van der Waals surface area (Å²) in [6, 6.07) is 21.4. The second-order valence-electron chi connectivity index (χ2n) is 7.79. The molecule has 1 heterocycles. The minimum atomic E-state index is -0.588. The zero-order valence-electron chi connectivity index (χ0n) is 16.2. The van der Waals surface area contributed by atoms with Gasteiger partial charge in [-0.2, -0.15) is 0 Å². The van der Waals surface area contributed by atoms with Gasteiger partial charge in [0.2, 0.25) is 0 Å². The molecule has 30 heavy (non-hydrogen) atoms. The van der Waals surface area contributed by atoms with Crippen molar-refractivity contribution in [2.24, 2.45) is 0 Å². The molecule has 0 aliphatic heterocycles. The molecule has 1 aromatic heterocycles. The second-order valence-corrected chi connectivity index (χ2v) is 7.79. The quantitative estimate of drug-likeness (QED) is 0.486. The molecule has 1 saturated carbocycles. The van der Waals surface area contributed by atoms with Gasteiger partial charge in [-0.25, -0.2) is 8.78 Å². The van der Waals surface area contributed by atoms with Crippen molar-refractivity contribution in [3.8, 4) is 0 Å². The van der Waals surface area contributed by atoms with E-state index in [9.17, 15) is 13.6 Å². The normalized spacial score (nSPS) is 17.8. The van der Waals surface area contributed by atoms with Gasteiger partial charge in [0.1, 0.15) is 11.6 Å². The number of amides is 1. The summed E-state index contributed by atoms with van der Waals surface area (Å²) in [7, 11) is 0. The van der Waals surface area contributed by atoms with Crippen LogP contribution >= 0.6 is 0 Å². The maximum Gasteiger partial charge on any atom is 0.251 e. The molecule has 5 rings (SSSR count). The largest absolute Gasteiger partial charge is 0.349 e. The Balaban J connectivity index is 1.30. The Labute approximate surface area is 173 Å². The minimum absolute atomic E-state index is 0.0855. The number of nitrogens with zero attached hydrogens (tertiary/aromatic N) is 1. The summed E-state index contributed by atoms with van der Waals surface area (Å²) in [6.07, 6.45) is 2.80. The molecule has 1 aliphatic rings. The summed E-state index contributed by atoms with van der Waals surface area (Å²) < 4.78 is 29.0. The number of halogens is 2. The van der Waals surface area contributed by atoms with Crippen LogP contribution in [0.25, 0.3) is 10.9 Å². The van der Waals surface area contributed by atoms with Crippen LogP contribution in [-0.2, 0) is 6.54 Å². The number of hydrogen-bond acceptors (Lipinski definition) is 1. The number of aromatic nitrogens is 1. The van der Waals surface area contributed by atoms with E-state index in [-0.39, 0.29) is 11.9 Å². The summed E-state index contributed by atoms with van der Waals surface area (Å²) in [5, 5.41) is 4.02. The number of hydrogen-bond donors (Lipinski definition) is 1. The third-order valence-corrected chi connectivity index (χ3v) is 5.72. The fraction of sp³-hybridized carbons (Fsp3) is 0.160. The summed E-state index contributed by atoms with van der Waals surface area (Å²) >= 11 is 0. The van der Waals surface area contributed by atoms with Crippen LogP contribution in [0.3, 0.4) is 0 Å². The predicted molar refractivity (Wildman–Crippen MR) is 112 cm³/mol. The van der Waals surface area contributed by atoms with Crippen LogP contribution in [0.2, 0.25) is 0 Å². The molecular formula is C25H20F2N2O. The highest BCUT2D eigenvalue weighted by Gasteiger charge is 2.39. The van der Waals surface area contributed by atoms with Gasteiger partial charge in [0.05, 0.1) is 6.54 Å². The number of fused-ring (bicyclic) bond motifs is 1. The van der Waals surface area contributed by atoms with Crippen LogP contribution in [0, 0.1) is 11.6 Å². The first-order chi connectivity index (χ1) is 14.6. The lowest BCUT2D eigenvalue weighted by Gasteiger charge is -2.08. The third kappa shape index (κ3) is 3.59. The molecule has 4 aromatic rings. The van der Waals surface area contributed by atoms with E-state index >= 15 is 0 Å². The van der Waals surface area contributed by atoms with Crippen molar-refractivity contribution in [3.63, 3.8) is 0 Å². The van der Waals surface area contributed by atoms with Crippen LogP contribution in [0.5, 0.6) is 0 Å². The smallest absolute Gasteiger partial charge is 0.251 e. The Kier molecular flexibility index (Phi) is 4.58. The first-order valence-electron chi connectivity index (χ1n) is 9.97. The van der Waals surface area contributed by atoms with Crippen molar-refractivity contribution >= 4 is 16.8 Å². The van der Waals surface area contributed by atoms with E-state index in [1.54, 1.807) is 6.07 Å². The van der Waals surface area contributed by atoms with E-state index in [1.807, 2.05) is 47.2 Å². The average Bonchev–Trinajstić information content (AvgIpc) is 3.41. The molecule has 150 valence electrons. The molecule has 0 saturated heterocycles. The van der Waals surface area contributed by atoms with Crippen LogP contribution in [-0.4, -0.2) is 16.5 Å². The van der Waals surface area contributed by atoms with Crippen molar-refractivity contribution in [2.75, 3.05) is 0 Å². The maximum atomic E-state index is 14.0. The average molecular weight is 402 g/mol. The number of benzene rings is 3. The first kappa shape index (κ1) is 18.6. The van der Waals surface area contributed by atoms with Crippen molar-refractivity contribution in [3.05, 3.63) is 107 Å². The van der Waals surface area contributed by atoms with Gasteiger partial charge in [-0.05, 0) is 42.3 Å². The monoisotopic (exact) mass is 402 g/mol. The van der Waals surface area contributed by atoms with Gasteiger partial charge in [0, 0.05) is 46.3 Å². The highest BCUT2D eigenvalue weighted by molar-refractivity contribution is 5.98. The maximum absolute atomic E-state index is 14.0. The van der Waals surface area contributed by atoms with Gasteiger partial charge in [0.25, 0.3) is 5.91 Å². The van der Waals surface area contributed by atoms with Gasteiger partial charge < -0.3 is 9.88 Å². The van der Waals surface area contributed by atoms with Crippen molar-refractivity contribution in [1.82, 2.24) is 9.88 Å². The van der Waals surface area contributed by atoms with E-state index < -0.39 is 11.6 Å². The van der Waals surface area contributed by atoms with E-state index in [1.165, 1.54) is 17.7 Å². The predicted octanol–water partition coefficient (Wildman–Crippen LogP) is 5.25. The molecule has 1 amide bonds. The number of rotatable bonds is 5. The Hall–Kier alpha value is -3.47. The van der Waals surface area contributed by atoms with Gasteiger partial charge in [-0.15, -0.1) is 0 Å². The van der Waals surface area contributed by atoms with Crippen LogP contribution < -0.4 is 5.32 Å². The topological polar surface area (TPSA) is 34.0 Å². The van der Waals surface area contributed by atoms with Gasteiger partial charge >= 0.3 is 0 Å². The third-order valence-electron chi connectivity index (χ3n) is 5.72. The Morgan fingerprint density at radius 1 is 1.00 bits per heavy atom.